The molecule has 0 fully saturated rings. The highest BCUT2D eigenvalue weighted by atomic mass is 35.5. The molecule has 0 N–H and O–H groups in total. The number of fused-ring (bicyclic) bond motifs is 1. The van der Waals surface area contributed by atoms with E-state index < -0.39 is 16.0 Å². The van der Waals surface area contributed by atoms with Gasteiger partial charge in [-0.3, -0.25) is 0 Å². The van der Waals surface area contributed by atoms with Gasteiger partial charge in [-0.05, 0) is 30.3 Å². The van der Waals surface area contributed by atoms with Crippen molar-refractivity contribution in [2.45, 2.75) is 4.90 Å². The van der Waals surface area contributed by atoms with Crippen LogP contribution < -0.4 is 0 Å². The number of hydrogen-bond acceptors (Lipinski definition) is 4. The van der Waals surface area contributed by atoms with Crippen molar-refractivity contribution >= 4 is 50.1 Å². The molecule has 0 saturated carbocycles. The first-order chi connectivity index (χ1) is 11.9. The molecule has 0 radical (unpaired) electrons. The Morgan fingerprint density at radius 3 is 2.44 bits per heavy atom. The van der Waals surface area contributed by atoms with Crippen LogP contribution in [0.25, 0.3) is 10.9 Å². The Bertz CT molecular complexity index is 1130. The molecule has 1 heterocycles. The lowest BCUT2D eigenvalue weighted by atomic mass is 10.2. The first-order valence-electron chi connectivity index (χ1n) is 6.84. The maximum absolute atomic E-state index is 13.1. The lowest BCUT2D eigenvalue weighted by Crippen LogP contribution is -2.19. The van der Waals surface area contributed by atoms with Crippen molar-refractivity contribution in [3.05, 3.63) is 64.3 Å². The fourth-order valence-electron chi connectivity index (χ4n) is 2.41. The van der Waals surface area contributed by atoms with Crippen LogP contribution in [-0.2, 0) is 14.8 Å². The van der Waals surface area contributed by atoms with E-state index in [-0.39, 0.29) is 26.2 Å². The fraction of sp³-hybridized carbons (Fsp3) is 0. The van der Waals surface area contributed by atoms with Crippen LogP contribution in [0.4, 0.5) is 0 Å². The smallest absolute Gasteiger partial charge is 0.368 e. The standard InChI is InChI=1S/C17H9Cl2NO4S/c1-2-24-17(21)16-10-13-14(19)8-11(18)9-15(13)20(16)25(22,23)12-6-4-3-5-7-12/h1,3-10H. The van der Waals surface area contributed by atoms with Gasteiger partial charge in [-0.15, -0.1) is 0 Å². The minimum Gasteiger partial charge on any atom is -0.368 e. The molecule has 2 aromatic carbocycles. The zero-order valence-electron chi connectivity index (χ0n) is 12.4. The predicted octanol–water partition coefficient (Wildman–Crippen LogP) is 3.93. The van der Waals surface area contributed by atoms with E-state index in [2.05, 4.69) is 4.74 Å². The molecule has 3 aromatic rings. The number of halogens is 2. The van der Waals surface area contributed by atoms with Crippen LogP contribution in [-0.4, -0.2) is 18.4 Å². The SMILES string of the molecule is C#COC(=O)c1cc2c(Cl)cc(Cl)cc2n1S(=O)(=O)c1ccccc1. The normalized spacial score (nSPS) is 11.2. The molecule has 0 atom stereocenters. The zero-order valence-corrected chi connectivity index (χ0v) is 14.8. The molecule has 3 rings (SSSR count). The van der Waals surface area contributed by atoms with E-state index in [0.717, 1.165) is 3.97 Å². The number of benzene rings is 2. The Morgan fingerprint density at radius 2 is 1.80 bits per heavy atom. The minimum atomic E-state index is -4.12. The Kier molecular flexibility index (Phi) is 4.48. The number of carbonyl (C=O) groups excluding carboxylic acids is 1. The van der Waals surface area contributed by atoms with Gasteiger partial charge in [0, 0.05) is 10.4 Å². The molecular weight excluding hydrogens is 385 g/mol. The molecule has 0 saturated heterocycles. The van der Waals surface area contributed by atoms with E-state index in [0.29, 0.717) is 5.39 Å². The maximum Gasteiger partial charge on any atom is 0.369 e. The molecule has 0 amide bonds. The van der Waals surface area contributed by atoms with E-state index in [1.54, 1.807) is 24.3 Å². The average Bonchev–Trinajstić information content (AvgIpc) is 2.96. The van der Waals surface area contributed by atoms with Crippen LogP contribution in [0.1, 0.15) is 10.5 Å². The monoisotopic (exact) mass is 393 g/mol. The molecule has 1 aromatic heterocycles. The highest BCUT2D eigenvalue weighted by Crippen LogP contribution is 2.33. The molecule has 8 heteroatoms. The Morgan fingerprint density at radius 1 is 1.12 bits per heavy atom. The maximum atomic E-state index is 13.1. The van der Waals surface area contributed by atoms with E-state index >= 15 is 0 Å². The number of rotatable bonds is 3. The summed E-state index contributed by atoms with van der Waals surface area (Å²) in [7, 11) is -4.12. The molecule has 0 bridgehead atoms. The summed E-state index contributed by atoms with van der Waals surface area (Å²) in [5, 5.41) is 0.741. The predicted molar refractivity (Wildman–Crippen MR) is 95.2 cm³/mol. The van der Waals surface area contributed by atoms with Crippen molar-refractivity contribution in [3.8, 4) is 12.5 Å². The molecule has 0 aliphatic rings. The van der Waals surface area contributed by atoms with Crippen molar-refractivity contribution in [2.24, 2.45) is 0 Å². The molecule has 0 spiro atoms. The third kappa shape index (κ3) is 2.98. The summed E-state index contributed by atoms with van der Waals surface area (Å²) in [6.07, 6.45) is 6.72. The zero-order chi connectivity index (χ0) is 18.2. The van der Waals surface area contributed by atoms with E-state index in [9.17, 15) is 13.2 Å². The summed E-state index contributed by atoms with van der Waals surface area (Å²) in [5.41, 5.74) is -0.133. The summed E-state index contributed by atoms with van der Waals surface area (Å²) < 4.78 is 31.5. The third-order valence-electron chi connectivity index (χ3n) is 3.43. The van der Waals surface area contributed by atoms with Gasteiger partial charge in [0.1, 0.15) is 11.8 Å². The second kappa shape index (κ2) is 6.45. The number of aromatic nitrogens is 1. The molecule has 0 aliphatic carbocycles. The van der Waals surface area contributed by atoms with E-state index in [1.807, 2.05) is 0 Å². The first-order valence-corrected chi connectivity index (χ1v) is 9.03. The molecule has 126 valence electrons. The van der Waals surface area contributed by atoms with Crippen molar-refractivity contribution in [1.82, 2.24) is 3.97 Å². The summed E-state index contributed by atoms with van der Waals surface area (Å²) in [6, 6.07) is 11.8. The third-order valence-corrected chi connectivity index (χ3v) is 5.71. The largest absolute Gasteiger partial charge is 0.369 e. The highest BCUT2D eigenvalue weighted by molar-refractivity contribution is 7.90. The van der Waals surface area contributed by atoms with Crippen LogP contribution in [0.15, 0.2) is 53.4 Å². The van der Waals surface area contributed by atoms with Crippen LogP contribution in [0.5, 0.6) is 0 Å². The topological polar surface area (TPSA) is 65.4 Å². The number of hydrogen-bond donors (Lipinski definition) is 0. The van der Waals surface area contributed by atoms with Gasteiger partial charge in [-0.2, -0.15) is 0 Å². The Hall–Kier alpha value is -2.46. The van der Waals surface area contributed by atoms with Gasteiger partial charge in [0.2, 0.25) is 0 Å². The number of terminal acetylenes is 1. The molecular formula is C17H9Cl2NO4S. The van der Waals surface area contributed by atoms with Crippen molar-refractivity contribution in [3.63, 3.8) is 0 Å². The van der Waals surface area contributed by atoms with Crippen molar-refractivity contribution in [1.29, 1.82) is 0 Å². The fourth-order valence-corrected chi connectivity index (χ4v) is 4.46. The van der Waals surface area contributed by atoms with Gasteiger partial charge in [-0.25, -0.2) is 17.2 Å². The van der Waals surface area contributed by atoms with Crippen molar-refractivity contribution < 1.29 is 17.9 Å². The summed E-state index contributed by atoms with van der Waals surface area (Å²) in [4.78, 5) is 12.2. The van der Waals surface area contributed by atoms with Gasteiger partial charge >= 0.3 is 5.97 Å². The van der Waals surface area contributed by atoms with Gasteiger partial charge in [0.25, 0.3) is 10.0 Å². The number of carbonyl (C=O) groups is 1. The second-order valence-corrected chi connectivity index (χ2v) is 7.57. The van der Waals surface area contributed by atoms with Crippen LogP contribution >= 0.6 is 23.2 Å². The molecule has 5 nitrogen and oxygen atoms in total. The lowest BCUT2D eigenvalue weighted by Gasteiger charge is -2.10. The quantitative estimate of drug-likeness (QED) is 0.499. The summed E-state index contributed by atoms with van der Waals surface area (Å²) in [5.74, 6) is -0.995. The van der Waals surface area contributed by atoms with Gasteiger partial charge in [0.15, 0.2) is 0 Å². The minimum absolute atomic E-state index is 0.0154. The number of nitrogens with zero attached hydrogens (tertiary/aromatic N) is 1. The van der Waals surface area contributed by atoms with Gasteiger partial charge < -0.3 is 4.74 Å². The molecule has 25 heavy (non-hydrogen) atoms. The lowest BCUT2D eigenvalue weighted by molar-refractivity contribution is 0.0684. The first kappa shape index (κ1) is 17.4. The van der Waals surface area contributed by atoms with Crippen LogP contribution in [0, 0.1) is 12.5 Å². The Labute approximate surface area is 153 Å². The molecule has 0 aliphatic heterocycles. The van der Waals surface area contributed by atoms with E-state index in [4.69, 9.17) is 29.6 Å². The van der Waals surface area contributed by atoms with Gasteiger partial charge in [-0.1, -0.05) is 47.8 Å². The second-order valence-electron chi connectivity index (χ2n) is 4.94. The summed E-state index contributed by atoms with van der Waals surface area (Å²) >= 11 is 12.1. The average molecular weight is 394 g/mol. The van der Waals surface area contributed by atoms with Crippen LogP contribution in [0.3, 0.4) is 0 Å². The van der Waals surface area contributed by atoms with Crippen molar-refractivity contribution in [2.75, 3.05) is 0 Å². The number of esters is 1. The number of ether oxygens (including phenoxy) is 1. The van der Waals surface area contributed by atoms with Crippen LogP contribution in [0.2, 0.25) is 10.0 Å². The Balaban J connectivity index is 2.42. The molecule has 0 unspecified atom stereocenters. The van der Waals surface area contributed by atoms with E-state index in [1.165, 1.54) is 30.3 Å². The van der Waals surface area contributed by atoms with Gasteiger partial charge in [0.05, 0.1) is 15.4 Å². The summed E-state index contributed by atoms with van der Waals surface area (Å²) in [6.45, 7) is 0. The highest BCUT2D eigenvalue weighted by Gasteiger charge is 2.28.